The highest BCUT2D eigenvalue weighted by atomic mass is 16.4. The van der Waals surface area contributed by atoms with Crippen LogP contribution in [-0.4, -0.2) is 22.6 Å². The van der Waals surface area contributed by atoms with Gasteiger partial charge < -0.3 is 5.11 Å². The fourth-order valence-electron chi connectivity index (χ4n) is 2.56. The van der Waals surface area contributed by atoms with Crippen LogP contribution in [0.5, 0.6) is 0 Å². The standard InChI is InChI=1S/C23H18N2O3/c26-21(18-12-6-2-7-13-18)16-20(17-10-4-1-5-11-17)24-25-22(23(27)28)19-14-8-3-9-15-19/h1-16,24H,(H,27,28)/b20-16+,25-22+. The molecule has 0 bridgehead atoms. The summed E-state index contributed by atoms with van der Waals surface area (Å²) in [4.78, 5) is 24.2. The molecule has 0 spiro atoms. The molecule has 2 N–H and O–H groups in total. The molecule has 138 valence electrons. The molecule has 0 saturated carbocycles. The molecule has 28 heavy (non-hydrogen) atoms. The molecule has 5 nitrogen and oxygen atoms in total. The lowest BCUT2D eigenvalue weighted by atomic mass is 10.1. The van der Waals surface area contributed by atoms with Crippen LogP contribution >= 0.6 is 0 Å². The Kier molecular flexibility index (Phi) is 6.10. The van der Waals surface area contributed by atoms with E-state index in [0.29, 0.717) is 22.4 Å². The van der Waals surface area contributed by atoms with Gasteiger partial charge in [-0.3, -0.25) is 10.2 Å². The lowest BCUT2D eigenvalue weighted by Gasteiger charge is -2.09. The summed E-state index contributed by atoms with van der Waals surface area (Å²) in [5.41, 5.74) is 4.74. The highest BCUT2D eigenvalue weighted by molar-refractivity contribution is 6.42. The van der Waals surface area contributed by atoms with Crippen LogP contribution in [0.15, 0.2) is 102 Å². The van der Waals surface area contributed by atoms with Gasteiger partial charge in [0.2, 0.25) is 0 Å². The van der Waals surface area contributed by atoms with E-state index in [2.05, 4.69) is 10.5 Å². The van der Waals surface area contributed by atoms with Crippen molar-refractivity contribution in [3.63, 3.8) is 0 Å². The lowest BCUT2D eigenvalue weighted by molar-refractivity contribution is -0.129. The van der Waals surface area contributed by atoms with Gasteiger partial charge in [0.05, 0.1) is 5.70 Å². The molecule has 0 atom stereocenters. The second-order valence-corrected chi connectivity index (χ2v) is 5.90. The van der Waals surface area contributed by atoms with E-state index in [-0.39, 0.29) is 11.5 Å². The summed E-state index contributed by atoms with van der Waals surface area (Å²) in [6, 6.07) is 26.6. The number of nitrogens with zero attached hydrogens (tertiary/aromatic N) is 1. The van der Waals surface area contributed by atoms with Crippen molar-refractivity contribution in [1.29, 1.82) is 0 Å². The number of hydrazone groups is 1. The molecule has 0 saturated heterocycles. The smallest absolute Gasteiger partial charge is 0.356 e. The predicted molar refractivity (Wildman–Crippen MR) is 109 cm³/mol. The van der Waals surface area contributed by atoms with Crippen molar-refractivity contribution in [2.75, 3.05) is 0 Å². The van der Waals surface area contributed by atoms with Crippen LogP contribution in [0.2, 0.25) is 0 Å². The monoisotopic (exact) mass is 370 g/mol. The summed E-state index contributed by atoms with van der Waals surface area (Å²) in [5.74, 6) is -1.38. The fourth-order valence-corrected chi connectivity index (χ4v) is 2.56. The molecule has 0 aliphatic heterocycles. The number of carbonyl (C=O) groups is 2. The molecule has 0 unspecified atom stereocenters. The van der Waals surface area contributed by atoms with Crippen LogP contribution in [0.25, 0.3) is 5.70 Å². The zero-order chi connectivity index (χ0) is 19.8. The SMILES string of the molecule is O=C(O)/C(=N/N/C(=C/C(=O)c1ccccc1)c1ccccc1)c1ccccc1. The summed E-state index contributed by atoms with van der Waals surface area (Å²) in [5, 5.41) is 13.6. The van der Waals surface area contributed by atoms with Gasteiger partial charge >= 0.3 is 5.97 Å². The Labute approximate surface area is 162 Å². The molecular weight excluding hydrogens is 352 g/mol. The maximum atomic E-state index is 12.6. The number of hydrogen-bond donors (Lipinski definition) is 2. The Bertz CT molecular complexity index is 1010. The average Bonchev–Trinajstić information content (AvgIpc) is 2.74. The third-order valence-corrected chi connectivity index (χ3v) is 3.96. The molecule has 0 aliphatic carbocycles. The molecule has 3 rings (SSSR count). The highest BCUT2D eigenvalue weighted by Gasteiger charge is 2.13. The molecule has 3 aromatic rings. The highest BCUT2D eigenvalue weighted by Crippen LogP contribution is 2.14. The second-order valence-electron chi connectivity index (χ2n) is 5.90. The first-order chi connectivity index (χ1) is 13.6. The van der Waals surface area contributed by atoms with Gasteiger partial charge in [-0.1, -0.05) is 91.0 Å². The van der Waals surface area contributed by atoms with E-state index in [1.54, 1.807) is 54.6 Å². The van der Waals surface area contributed by atoms with Crippen LogP contribution in [0.1, 0.15) is 21.5 Å². The van der Waals surface area contributed by atoms with E-state index in [1.165, 1.54) is 6.08 Å². The Hall–Kier alpha value is -3.99. The number of hydrogen-bond acceptors (Lipinski definition) is 4. The molecule has 0 heterocycles. The van der Waals surface area contributed by atoms with Crippen molar-refractivity contribution < 1.29 is 14.7 Å². The number of carbonyl (C=O) groups excluding carboxylic acids is 1. The predicted octanol–water partition coefficient (Wildman–Crippen LogP) is 3.99. The third-order valence-electron chi connectivity index (χ3n) is 3.96. The number of carboxylic acids is 1. The van der Waals surface area contributed by atoms with E-state index in [4.69, 9.17) is 0 Å². The van der Waals surface area contributed by atoms with E-state index in [9.17, 15) is 14.7 Å². The first-order valence-corrected chi connectivity index (χ1v) is 8.64. The molecule has 0 aliphatic rings. The van der Waals surface area contributed by atoms with Crippen LogP contribution in [0.3, 0.4) is 0 Å². The minimum atomic E-state index is -1.17. The van der Waals surface area contributed by atoms with Gasteiger partial charge in [-0.25, -0.2) is 4.79 Å². The van der Waals surface area contributed by atoms with Crippen LogP contribution in [0.4, 0.5) is 0 Å². The number of carboxylic acid groups (broad SMARTS) is 1. The summed E-state index contributed by atoms with van der Waals surface area (Å²) >= 11 is 0. The summed E-state index contributed by atoms with van der Waals surface area (Å²) in [6.07, 6.45) is 1.42. The minimum Gasteiger partial charge on any atom is -0.476 e. The quantitative estimate of drug-likeness (QED) is 0.285. The normalized spacial score (nSPS) is 11.7. The van der Waals surface area contributed by atoms with E-state index in [0.717, 1.165) is 0 Å². The Morgan fingerprint density at radius 3 is 1.68 bits per heavy atom. The van der Waals surface area contributed by atoms with Crippen LogP contribution < -0.4 is 5.43 Å². The van der Waals surface area contributed by atoms with Crippen molar-refractivity contribution in [2.24, 2.45) is 5.10 Å². The molecule has 5 heteroatoms. The Morgan fingerprint density at radius 1 is 0.714 bits per heavy atom. The van der Waals surface area contributed by atoms with Crippen molar-refractivity contribution in [2.45, 2.75) is 0 Å². The summed E-state index contributed by atoms with van der Waals surface area (Å²) in [7, 11) is 0. The zero-order valence-electron chi connectivity index (χ0n) is 14.9. The number of aliphatic carboxylic acids is 1. The Morgan fingerprint density at radius 2 is 1.18 bits per heavy atom. The maximum Gasteiger partial charge on any atom is 0.356 e. The van der Waals surface area contributed by atoms with Gasteiger partial charge in [0.25, 0.3) is 0 Å². The van der Waals surface area contributed by atoms with Gasteiger partial charge in [-0.2, -0.15) is 5.10 Å². The number of rotatable bonds is 7. The lowest BCUT2D eigenvalue weighted by Crippen LogP contribution is -2.19. The second kappa shape index (κ2) is 9.09. The molecule has 0 amide bonds. The summed E-state index contributed by atoms with van der Waals surface area (Å²) in [6.45, 7) is 0. The molecule has 0 aromatic heterocycles. The molecule has 0 fully saturated rings. The topological polar surface area (TPSA) is 78.8 Å². The average molecular weight is 370 g/mol. The van der Waals surface area contributed by atoms with Gasteiger partial charge in [-0.15, -0.1) is 0 Å². The molecular formula is C23H18N2O3. The van der Waals surface area contributed by atoms with Gasteiger partial charge in [-0.05, 0) is 5.56 Å². The largest absolute Gasteiger partial charge is 0.476 e. The van der Waals surface area contributed by atoms with Crippen molar-refractivity contribution in [1.82, 2.24) is 5.43 Å². The fraction of sp³-hybridized carbons (Fsp3) is 0. The number of benzene rings is 3. The Balaban J connectivity index is 1.97. The number of allylic oxidation sites excluding steroid dienone is 1. The van der Waals surface area contributed by atoms with Crippen LogP contribution in [-0.2, 0) is 4.79 Å². The first kappa shape index (κ1) is 18.8. The van der Waals surface area contributed by atoms with Crippen molar-refractivity contribution >= 4 is 23.2 Å². The van der Waals surface area contributed by atoms with E-state index >= 15 is 0 Å². The van der Waals surface area contributed by atoms with Gasteiger partial charge in [0, 0.05) is 17.2 Å². The van der Waals surface area contributed by atoms with E-state index < -0.39 is 5.97 Å². The zero-order valence-corrected chi connectivity index (χ0v) is 14.9. The number of nitrogens with one attached hydrogen (secondary N) is 1. The van der Waals surface area contributed by atoms with Gasteiger partial charge in [0.15, 0.2) is 11.5 Å². The molecule has 3 aromatic carbocycles. The van der Waals surface area contributed by atoms with Crippen LogP contribution in [0, 0.1) is 0 Å². The summed E-state index contributed by atoms with van der Waals surface area (Å²) < 4.78 is 0. The van der Waals surface area contributed by atoms with Gasteiger partial charge in [0.1, 0.15) is 0 Å². The first-order valence-electron chi connectivity index (χ1n) is 8.64. The third kappa shape index (κ3) is 4.80. The van der Waals surface area contributed by atoms with Crippen molar-refractivity contribution in [3.8, 4) is 0 Å². The van der Waals surface area contributed by atoms with Crippen molar-refractivity contribution in [3.05, 3.63) is 114 Å². The minimum absolute atomic E-state index is 0.144. The number of ketones is 1. The maximum absolute atomic E-state index is 12.6. The van der Waals surface area contributed by atoms with E-state index in [1.807, 2.05) is 36.4 Å². The molecule has 0 radical (unpaired) electrons.